The third-order valence-corrected chi connectivity index (χ3v) is 2.32. The molecule has 1 aliphatic rings. The van der Waals surface area contributed by atoms with Gasteiger partial charge in [0.25, 0.3) is 5.91 Å². The monoisotopic (exact) mass is 243 g/mol. The third-order valence-electron chi connectivity index (χ3n) is 2.13. The number of hydrogen-bond acceptors (Lipinski definition) is 4. The Morgan fingerprint density at radius 2 is 2.25 bits per heavy atom. The molecule has 0 atom stereocenters. The lowest BCUT2D eigenvalue weighted by Gasteiger charge is -2.26. The summed E-state index contributed by atoms with van der Waals surface area (Å²) in [5.41, 5.74) is 0.104. The van der Waals surface area contributed by atoms with E-state index in [1.54, 1.807) is 4.90 Å². The van der Waals surface area contributed by atoms with Gasteiger partial charge >= 0.3 is 0 Å². The Balaban J connectivity index is 2.54. The molecule has 0 radical (unpaired) electrons. The number of alkyl halides is 1. The molecule has 1 aliphatic heterocycles. The average Bonchev–Trinajstić information content (AvgIpc) is 2.35. The molecule has 1 heterocycles. The Morgan fingerprint density at radius 3 is 2.81 bits per heavy atom. The molecule has 1 rings (SSSR count). The maximum atomic E-state index is 11.8. The van der Waals surface area contributed by atoms with Gasteiger partial charge in [0.05, 0.1) is 13.2 Å². The van der Waals surface area contributed by atoms with Crippen molar-refractivity contribution in [1.29, 1.82) is 5.26 Å². The molecule has 0 aromatic rings. The van der Waals surface area contributed by atoms with E-state index < -0.39 is 0 Å². The van der Waals surface area contributed by atoms with Crippen LogP contribution in [0.2, 0.25) is 0 Å². The molecule has 1 N–H and O–H groups in total. The Labute approximate surface area is 99.6 Å². The summed E-state index contributed by atoms with van der Waals surface area (Å²) in [7, 11) is 0. The molecule has 0 aliphatic carbocycles. The fourth-order valence-corrected chi connectivity index (χ4v) is 1.42. The SMILES string of the molecule is N#C/C(=C/NCCCl)C(=O)N1CCOCC1. The molecule has 1 amide bonds. The van der Waals surface area contributed by atoms with E-state index in [1.165, 1.54) is 6.20 Å². The zero-order valence-corrected chi connectivity index (χ0v) is 9.66. The molecule has 88 valence electrons. The van der Waals surface area contributed by atoms with Crippen molar-refractivity contribution in [1.82, 2.24) is 10.2 Å². The zero-order chi connectivity index (χ0) is 11.8. The standard InChI is InChI=1S/C10H14ClN3O2/c11-1-2-13-8-9(7-12)10(15)14-3-5-16-6-4-14/h8,13H,1-6H2/b9-8-. The lowest BCUT2D eigenvalue weighted by Crippen LogP contribution is -2.41. The summed E-state index contributed by atoms with van der Waals surface area (Å²) in [5.74, 6) is 0.175. The van der Waals surface area contributed by atoms with Crippen LogP contribution in [0, 0.1) is 11.3 Å². The van der Waals surface area contributed by atoms with Crippen LogP contribution in [0.25, 0.3) is 0 Å². The van der Waals surface area contributed by atoms with Gasteiger partial charge in [-0.15, -0.1) is 11.6 Å². The maximum absolute atomic E-state index is 11.8. The fourth-order valence-electron chi connectivity index (χ4n) is 1.31. The van der Waals surface area contributed by atoms with E-state index in [9.17, 15) is 4.79 Å². The van der Waals surface area contributed by atoms with Gasteiger partial charge in [0.15, 0.2) is 0 Å². The number of rotatable bonds is 4. The minimum Gasteiger partial charge on any atom is -0.388 e. The second-order valence-corrected chi connectivity index (χ2v) is 3.60. The van der Waals surface area contributed by atoms with Crippen molar-refractivity contribution in [2.24, 2.45) is 0 Å². The van der Waals surface area contributed by atoms with Crippen LogP contribution in [0.1, 0.15) is 0 Å². The predicted octanol–water partition coefficient (Wildman–Crippen LogP) is 0.0811. The van der Waals surface area contributed by atoms with Crippen molar-refractivity contribution < 1.29 is 9.53 Å². The predicted molar refractivity (Wildman–Crippen MR) is 59.8 cm³/mol. The molecular formula is C10H14ClN3O2. The molecule has 16 heavy (non-hydrogen) atoms. The molecule has 0 unspecified atom stereocenters. The fraction of sp³-hybridized carbons (Fsp3) is 0.600. The Kier molecular flexibility index (Phi) is 5.68. The van der Waals surface area contributed by atoms with Crippen LogP contribution in [-0.4, -0.2) is 49.5 Å². The van der Waals surface area contributed by atoms with Crippen molar-refractivity contribution >= 4 is 17.5 Å². The summed E-state index contributed by atoms with van der Waals surface area (Å²) in [6.07, 6.45) is 1.42. The van der Waals surface area contributed by atoms with Crippen LogP contribution >= 0.6 is 11.6 Å². The van der Waals surface area contributed by atoms with E-state index in [2.05, 4.69) is 5.32 Å². The number of amides is 1. The number of carbonyl (C=O) groups is 1. The first-order valence-electron chi connectivity index (χ1n) is 5.06. The van der Waals surface area contributed by atoms with Gasteiger partial charge in [0.1, 0.15) is 11.6 Å². The van der Waals surface area contributed by atoms with Gasteiger partial charge in [-0.2, -0.15) is 5.26 Å². The highest BCUT2D eigenvalue weighted by molar-refractivity contribution is 6.18. The zero-order valence-electron chi connectivity index (χ0n) is 8.91. The summed E-state index contributed by atoms with van der Waals surface area (Å²) in [4.78, 5) is 13.4. The van der Waals surface area contributed by atoms with Crippen molar-refractivity contribution in [3.63, 3.8) is 0 Å². The van der Waals surface area contributed by atoms with E-state index in [0.717, 1.165) is 0 Å². The van der Waals surface area contributed by atoms with Gasteiger partial charge in [-0.25, -0.2) is 0 Å². The van der Waals surface area contributed by atoms with Gasteiger partial charge < -0.3 is 15.0 Å². The summed E-state index contributed by atoms with van der Waals surface area (Å²) in [5, 5.41) is 11.7. The Morgan fingerprint density at radius 1 is 1.56 bits per heavy atom. The minimum atomic E-state index is -0.257. The number of nitrogens with one attached hydrogen (secondary N) is 1. The number of carbonyl (C=O) groups excluding carboxylic acids is 1. The van der Waals surface area contributed by atoms with E-state index in [-0.39, 0.29) is 11.5 Å². The van der Waals surface area contributed by atoms with Gasteiger partial charge in [-0.1, -0.05) is 0 Å². The Bertz CT molecular complexity index is 306. The molecule has 1 fully saturated rings. The number of hydrogen-bond donors (Lipinski definition) is 1. The molecule has 0 spiro atoms. The smallest absolute Gasteiger partial charge is 0.266 e. The number of halogens is 1. The first-order valence-corrected chi connectivity index (χ1v) is 5.59. The van der Waals surface area contributed by atoms with Crippen LogP contribution in [-0.2, 0) is 9.53 Å². The summed E-state index contributed by atoms with van der Waals surface area (Å²) in [6, 6.07) is 1.88. The quantitative estimate of drug-likeness (QED) is 0.329. The molecule has 0 bridgehead atoms. The highest BCUT2D eigenvalue weighted by Crippen LogP contribution is 2.03. The first kappa shape index (κ1) is 12.8. The molecule has 5 nitrogen and oxygen atoms in total. The maximum Gasteiger partial charge on any atom is 0.266 e. The third kappa shape index (κ3) is 3.72. The number of nitriles is 1. The number of morpholine rings is 1. The lowest BCUT2D eigenvalue weighted by molar-refractivity contribution is -0.130. The van der Waals surface area contributed by atoms with Crippen LogP contribution in [0.3, 0.4) is 0 Å². The molecular weight excluding hydrogens is 230 g/mol. The van der Waals surface area contributed by atoms with Crippen LogP contribution in [0.5, 0.6) is 0 Å². The average molecular weight is 244 g/mol. The highest BCUT2D eigenvalue weighted by atomic mass is 35.5. The first-order chi connectivity index (χ1) is 7.79. The Hall–Kier alpha value is -1.25. The van der Waals surface area contributed by atoms with E-state index in [0.29, 0.717) is 38.7 Å². The molecule has 0 aromatic heterocycles. The van der Waals surface area contributed by atoms with Gasteiger partial charge in [0.2, 0.25) is 0 Å². The van der Waals surface area contributed by atoms with Crippen molar-refractivity contribution in [2.45, 2.75) is 0 Å². The summed E-state index contributed by atoms with van der Waals surface area (Å²) >= 11 is 5.47. The second-order valence-electron chi connectivity index (χ2n) is 3.22. The van der Waals surface area contributed by atoms with E-state index in [4.69, 9.17) is 21.6 Å². The van der Waals surface area contributed by atoms with Crippen LogP contribution in [0.4, 0.5) is 0 Å². The molecule has 1 saturated heterocycles. The van der Waals surface area contributed by atoms with Crippen molar-refractivity contribution in [3.8, 4) is 6.07 Å². The molecule has 0 saturated carbocycles. The van der Waals surface area contributed by atoms with E-state index in [1.807, 2.05) is 6.07 Å². The number of nitrogens with zero attached hydrogens (tertiary/aromatic N) is 2. The second kappa shape index (κ2) is 7.09. The van der Waals surface area contributed by atoms with Crippen LogP contribution < -0.4 is 5.32 Å². The molecule has 6 heteroatoms. The topological polar surface area (TPSA) is 65.4 Å². The minimum absolute atomic E-state index is 0.104. The highest BCUT2D eigenvalue weighted by Gasteiger charge is 2.20. The van der Waals surface area contributed by atoms with Gasteiger partial charge in [0, 0.05) is 31.7 Å². The van der Waals surface area contributed by atoms with Gasteiger partial charge in [-0.3, -0.25) is 4.79 Å². The van der Waals surface area contributed by atoms with Crippen LogP contribution in [0.15, 0.2) is 11.8 Å². The summed E-state index contributed by atoms with van der Waals surface area (Å²) < 4.78 is 5.13. The normalized spacial score (nSPS) is 16.8. The lowest BCUT2D eigenvalue weighted by atomic mass is 10.2. The van der Waals surface area contributed by atoms with Crippen molar-refractivity contribution in [2.75, 3.05) is 38.7 Å². The van der Waals surface area contributed by atoms with E-state index >= 15 is 0 Å². The summed E-state index contributed by atoms with van der Waals surface area (Å²) in [6.45, 7) is 2.66. The largest absolute Gasteiger partial charge is 0.388 e. The molecule has 0 aromatic carbocycles. The van der Waals surface area contributed by atoms with Gasteiger partial charge in [-0.05, 0) is 0 Å². The van der Waals surface area contributed by atoms with Crippen molar-refractivity contribution in [3.05, 3.63) is 11.8 Å². The number of ether oxygens (including phenoxy) is 1.